The topological polar surface area (TPSA) is 46.3 Å². The minimum absolute atomic E-state index is 0.108. The average Bonchev–Trinajstić information content (AvgIpc) is 2.37. The Bertz CT molecular complexity index is 447. The largest absolute Gasteiger partial charge is 0.339 e. The predicted octanol–water partition coefficient (Wildman–Crippen LogP) is 2.48. The molecule has 104 valence electrons. The average molecular weight is 264 g/mol. The van der Waals surface area contributed by atoms with Crippen LogP contribution in [-0.4, -0.2) is 29.9 Å². The van der Waals surface area contributed by atoms with E-state index in [1.807, 2.05) is 0 Å². The van der Waals surface area contributed by atoms with Gasteiger partial charge in [-0.3, -0.25) is 4.79 Å². The summed E-state index contributed by atoms with van der Waals surface area (Å²) in [6, 6.07) is 4.94. The van der Waals surface area contributed by atoms with Crippen LogP contribution in [0.4, 0.5) is 4.39 Å². The number of amides is 1. The second kappa shape index (κ2) is 5.70. The van der Waals surface area contributed by atoms with E-state index in [1.165, 1.54) is 12.1 Å². The minimum atomic E-state index is -0.359. The van der Waals surface area contributed by atoms with Crippen LogP contribution in [0.25, 0.3) is 0 Å². The maximum atomic E-state index is 13.4. The van der Waals surface area contributed by atoms with Gasteiger partial charge in [-0.15, -0.1) is 0 Å². The van der Waals surface area contributed by atoms with Crippen LogP contribution < -0.4 is 5.73 Å². The molecule has 4 heteroatoms. The maximum Gasteiger partial charge on any atom is 0.253 e. The summed E-state index contributed by atoms with van der Waals surface area (Å²) < 4.78 is 13.4. The van der Waals surface area contributed by atoms with Crippen LogP contribution in [0.5, 0.6) is 0 Å². The summed E-state index contributed by atoms with van der Waals surface area (Å²) in [7, 11) is 1.80. The first-order chi connectivity index (χ1) is 8.97. The van der Waals surface area contributed by atoms with Gasteiger partial charge in [0.25, 0.3) is 5.91 Å². The Morgan fingerprint density at radius 2 is 1.89 bits per heavy atom. The van der Waals surface area contributed by atoms with E-state index in [9.17, 15) is 9.18 Å². The highest BCUT2D eigenvalue weighted by atomic mass is 19.1. The fraction of sp³-hybridized carbons (Fsp3) is 0.533. The highest BCUT2D eigenvalue weighted by Gasteiger charge is 2.25. The first-order valence-corrected chi connectivity index (χ1v) is 6.77. The predicted molar refractivity (Wildman–Crippen MR) is 73.5 cm³/mol. The zero-order chi connectivity index (χ0) is 14.0. The molecule has 0 spiro atoms. The number of nitrogens with two attached hydrogens (primary N) is 1. The molecule has 0 radical (unpaired) electrons. The van der Waals surface area contributed by atoms with Crippen LogP contribution in [0.2, 0.25) is 0 Å². The zero-order valence-electron chi connectivity index (χ0n) is 11.5. The molecule has 1 aliphatic carbocycles. The highest BCUT2D eigenvalue weighted by molar-refractivity contribution is 5.94. The Morgan fingerprint density at radius 3 is 2.47 bits per heavy atom. The quantitative estimate of drug-likeness (QED) is 0.892. The number of nitrogens with zero attached hydrogens (tertiary/aromatic N) is 1. The van der Waals surface area contributed by atoms with E-state index < -0.39 is 0 Å². The standard InChI is InChI=1S/C15H21FN2O/c1-10-7-11(9-12(16)8-10)15(19)18(2)14-5-3-13(17)4-6-14/h7-9,13-14H,3-6,17H2,1-2H3. The number of rotatable bonds is 2. The van der Waals surface area contributed by atoms with Gasteiger partial charge in [-0.25, -0.2) is 4.39 Å². The summed E-state index contributed by atoms with van der Waals surface area (Å²) in [5.41, 5.74) is 7.06. The summed E-state index contributed by atoms with van der Waals surface area (Å²) in [5.74, 6) is -0.467. The van der Waals surface area contributed by atoms with Crippen LogP contribution in [0.15, 0.2) is 18.2 Å². The first kappa shape index (κ1) is 14.0. The van der Waals surface area contributed by atoms with Gasteiger partial charge in [0.15, 0.2) is 0 Å². The zero-order valence-corrected chi connectivity index (χ0v) is 11.5. The Labute approximate surface area is 113 Å². The van der Waals surface area contributed by atoms with Crippen LogP contribution >= 0.6 is 0 Å². The SMILES string of the molecule is Cc1cc(F)cc(C(=O)N(C)C2CCC(N)CC2)c1. The van der Waals surface area contributed by atoms with Crippen molar-refractivity contribution in [3.63, 3.8) is 0 Å². The molecule has 1 aliphatic rings. The number of halogens is 1. The van der Waals surface area contributed by atoms with Gasteiger partial charge < -0.3 is 10.6 Å². The third kappa shape index (κ3) is 3.32. The number of aryl methyl sites for hydroxylation is 1. The number of carbonyl (C=O) groups is 1. The van der Waals surface area contributed by atoms with Crippen LogP contribution in [0.3, 0.4) is 0 Å². The Kier molecular flexibility index (Phi) is 4.20. The molecule has 0 bridgehead atoms. The van der Waals surface area contributed by atoms with Crippen LogP contribution in [-0.2, 0) is 0 Å². The monoisotopic (exact) mass is 264 g/mol. The molecule has 0 unspecified atom stereocenters. The first-order valence-electron chi connectivity index (χ1n) is 6.77. The summed E-state index contributed by atoms with van der Waals surface area (Å²) in [4.78, 5) is 14.1. The van der Waals surface area contributed by atoms with Gasteiger partial charge in [-0.2, -0.15) is 0 Å². The molecule has 1 aromatic rings. The van der Waals surface area contributed by atoms with Crippen molar-refractivity contribution in [1.29, 1.82) is 0 Å². The fourth-order valence-corrected chi connectivity index (χ4v) is 2.72. The fourth-order valence-electron chi connectivity index (χ4n) is 2.72. The van der Waals surface area contributed by atoms with Crippen molar-refractivity contribution in [2.75, 3.05) is 7.05 Å². The second-order valence-corrected chi connectivity index (χ2v) is 5.50. The lowest BCUT2D eigenvalue weighted by Crippen LogP contribution is -2.41. The lowest BCUT2D eigenvalue weighted by atomic mass is 9.90. The van der Waals surface area contributed by atoms with E-state index in [0.29, 0.717) is 5.56 Å². The van der Waals surface area contributed by atoms with Gasteiger partial charge in [0.2, 0.25) is 0 Å². The minimum Gasteiger partial charge on any atom is -0.339 e. The molecule has 2 rings (SSSR count). The number of hydrogen-bond acceptors (Lipinski definition) is 2. The van der Waals surface area contributed by atoms with Gasteiger partial charge >= 0.3 is 0 Å². The summed E-state index contributed by atoms with van der Waals surface area (Å²) in [6.07, 6.45) is 3.75. The van der Waals surface area contributed by atoms with Crippen molar-refractivity contribution < 1.29 is 9.18 Å². The van der Waals surface area contributed by atoms with Crippen molar-refractivity contribution in [3.8, 4) is 0 Å². The van der Waals surface area contributed by atoms with Crippen LogP contribution in [0.1, 0.15) is 41.6 Å². The molecule has 0 heterocycles. The number of benzene rings is 1. The lowest BCUT2D eigenvalue weighted by molar-refractivity contribution is 0.0689. The van der Waals surface area contributed by atoms with Crippen molar-refractivity contribution in [2.24, 2.45) is 5.73 Å². The van der Waals surface area contributed by atoms with Gasteiger partial charge in [0.1, 0.15) is 5.82 Å². The highest BCUT2D eigenvalue weighted by Crippen LogP contribution is 2.23. The molecule has 1 fully saturated rings. The Hall–Kier alpha value is -1.42. The van der Waals surface area contributed by atoms with E-state index in [0.717, 1.165) is 31.2 Å². The van der Waals surface area contributed by atoms with E-state index >= 15 is 0 Å². The maximum absolute atomic E-state index is 13.4. The van der Waals surface area contributed by atoms with Crippen molar-refractivity contribution >= 4 is 5.91 Å². The molecule has 0 atom stereocenters. The van der Waals surface area contributed by atoms with Gasteiger partial charge in [0.05, 0.1) is 0 Å². The second-order valence-electron chi connectivity index (χ2n) is 5.50. The molecule has 1 amide bonds. The third-order valence-electron chi connectivity index (χ3n) is 3.90. The van der Waals surface area contributed by atoms with Gasteiger partial charge in [0, 0.05) is 24.7 Å². The lowest BCUT2D eigenvalue weighted by Gasteiger charge is -2.33. The summed E-state index contributed by atoms with van der Waals surface area (Å²) >= 11 is 0. The molecule has 0 saturated heterocycles. The van der Waals surface area contributed by atoms with Crippen LogP contribution in [0, 0.1) is 12.7 Å². The molecule has 19 heavy (non-hydrogen) atoms. The molecular weight excluding hydrogens is 243 g/mol. The van der Waals surface area contributed by atoms with E-state index in [4.69, 9.17) is 5.73 Å². The Balaban J connectivity index is 2.10. The van der Waals surface area contributed by atoms with Crippen molar-refractivity contribution in [3.05, 3.63) is 35.1 Å². The smallest absolute Gasteiger partial charge is 0.253 e. The Morgan fingerprint density at radius 1 is 1.26 bits per heavy atom. The van der Waals surface area contributed by atoms with Gasteiger partial charge in [-0.1, -0.05) is 0 Å². The third-order valence-corrected chi connectivity index (χ3v) is 3.90. The molecule has 1 aromatic carbocycles. The van der Waals surface area contributed by atoms with E-state index in [2.05, 4.69) is 0 Å². The van der Waals surface area contributed by atoms with Gasteiger partial charge in [-0.05, 0) is 56.4 Å². The van der Waals surface area contributed by atoms with Crippen molar-refractivity contribution in [1.82, 2.24) is 4.90 Å². The molecule has 0 aliphatic heterocycles. The molecular formula is C15H21FN2O. The molecule has 1 saturated carbocycles. The van der Waals surface area contributed by atoms with E-state index in [-0.39, 0.29) is 23.8 Å². The molecule has 3 nitrogen and oxygen atoms in total. The van der Waals surface area contributed by atoms with E-state index in [1.54, 1.807) is 24.9 Å². The molecule has 0 aromatic heterocycles. The number of hydrogen-bond donors (Lipinski definition) is 1. The summed E-state index contributed by atoms with van der Waals surface area (Å²) in [5, 5.41) is 0. The summed E-state index contributed by atoms with van der Waals surface area (Å²) in [6.45, 7) is 1.79. The normalized spacial score (nSPS) is 23.2. The molecule has 2 N–H and O–H groups in total. The number of carbonyl (C=O) groups excluding carboxylic acids is 1. The van der Waals surface area contributed by atoms with Crippen molar-refractivity contribution in [2.45, 2.75) is 44.7 Å².